The highest BCUT2D eigenvalue weighted by atomic mass is 16.5. The highest BCUT2D eigenvalue weighted by molar-refractivity contribution is 5.94. The standard InChI is InChI=1S/C16H23N3O4/c1-22-11-14(17)16(21)19-8-6-18(7-9-19)15(20)12-4-3-5-13(10-12)23-2/h3-5,10,14H,6-9,11,17H2,1-2H3. The van der Waals surface area contributed by atoms with Crippen LogP contribution in [0.1, 0.15) is 10.4 Å². The molecule has 1 aromatic rings. The molecule has 1 saturated heterocycles. The Morgan fingerprint density at radius 3 is 2.43 bits per heavy atom. The number of rotatable bonds is 5. The molecule has 1 heterocycles. The van der Waals surface area contributed by atoms with Gasteiger partial charge in [0.15, 0.2) is 0 Å². The van der Waals surface area contributed by atoms with Gasteiger partial charge in [-0.3, -0.25) is 9.59 Å². The maximum Gasteiger partial charge on any atom is 0.254 e. The molecule has 1 atom stereocenters. The molecular formula is C16H23N3O4. The van der Waals surface area contributed by atoms with Crippen LogP contribution in [0.3, 0.4) is 0 Å². The van der Waals surface area contributed by atoms with E-state index in [1.807, 2.05) is 0 Å². The minimum Gasteiger partial charge on any atom is -0.497 e. The highest BCUT2D eigenvalue weighted by Crippen LogP contribution is 2.15. The van der Waals surface area contributed by atoms with Crippen molar-refractivity contribution in [2.24, 2.45) is 5.73 Å². The predicted octanol–water partition coefficient (Wildman–Crippen LogP) is -0.0467. The largest absolute Gasteiger partial charge is 0.497 e. The molecule has 23 heavy (non-hydrogen) atoms. The minimum absolute atomic E-state index is 0.0582. The fourth-order valence-electron chi connectivity index (χ4n) is 2.55. The van der Waals surface area contributed by atoms with Crippen LogP contribution < -0.4 is 10.5 Å². The van der Waals surface area contributed by atoms with Crippen LogP contribution >= 0.6 is 0 Å². The number of amides is 2. The lowest BCUT2D eigenvalue weighted by Crippen LogP contribution is -2.55. The molecule has 7 nitrogen and oxygen atoms in total. The molecule has 1 aromatic carbocycles. The molecule has 0 aliphatic carbocycles. The van der Waals surface area contributed by atoms with Gasteiger partial charge in [-0.2, -0.15) is 0 Å². The van der Waals surface area contributed by atoms with Crippen molar-refractivity contribution in [1.82, 2.24) is 9.80 Å². The number of methoxy groups -OCH3 is 2. The average Bonchev–Trinajstić information content (AvgIpc) is 2.60. The number of piperazine rings is 1. The number of ether oxygens (including phenoxy) is 2. The Labute approximate surface area is 135 Å². The molecule has 0 radical (unpaired) electrons. The average molecular weight is 321 g/mol. The number of carbonyl (C=O) groups excluding carboxylic acids is 2. The van der Waals surface area contributed by atoms with Gasteiger partial charge in [0.25, 0.3) is 5.91 Å². The van der Waals surface area contributed by atoms with Crippen molar-refractivity contribution in [3.63, 3.8) is 0 Å². The zero-order chi connectivity index (χ0) is 16.8. The molecule has 0 spiro atoms. The maximum absolute atomic E-state index is 12.5. The van der Waals surface area contributed by atoms with E-state index in [4.69, 9.17) is 15.2 Å². The summed E-state index contributed by atoms with van der Waals surface area (Å²) in [5, 5.41) is 0. The molecule has 2 N–H and O–H groups in total. The third kappa shape index (κ3) is 4.20. The van der Waals surface area contributed by atoms with Crippen molar-refractivity contribution in [3.05, 3.63) is 29.8 Å². The molecule has 0 saturated carbocycles. The van der Waals surface area contributed by atoms with E-state index in [9.17, 15) is 9.59 Å². The fourth-order valence-corrected chi connectivity index (χ4v) is 2.55. The molecule has 7 heteroatoms. The van der Waals surface area contributed by atoms with E-state index in [2.05, 4.69) is 0 Å². The van der Waals surface area contributed by atoms with Gasteiger partial charge in [0.05, 0.1) is 13.7 Å². The number of hydrogen-bond donors (Lipinski definition) is 1. The molecule has 2 rings (SSSR count). The third-order valence-electron chi connectivity index (χ3n) is 3.86. The van der Waals surface area contributed by atoms with Crippen LogP contribution in [-0.2, 0) is 9.53 Å². The van der Waals surface area contributed by atoms with Gasteiger partial charge in [0, 0.05) is 38.9 Å². The summed E-state index contributed by atoms with van der Waals surface area (Å²) >= 11 is 0. The summed E-state index contributed by atoms with van der Waals surface area (Å²) in [5.74, 6) is 0.452. The Morgan fingerprint density at radius 2 is 1.83 bits per heavy atom. The van der Waals surface area contributed by atoms with Gasteiger partial charge in [-0.05, 0) is 18.2 Å². The molecule has 1 aliphatic heterocycles. The van der Waals surface area contributed by atoms with Crippen LogP contribution in [0.4, 0.5) is 0 Å². The van der Waals surface area contributed by atoms with Crippen LogP contribution in [0.15, 0.2) is 24.3 Å². The summed E-state index contributed by atoms with van der Waals surface area (Å²) in [6.07, 6.45) is 0. The van der Waals surface area contributed by atoms with Crippen molar-refractivity contribution >= 4 is 11.8 Å². The first kappa shape index (κ1) is 17.2. The molecule has 1 fully saturated rings. The van der Waals surface area contributed by atoms with E-state index in [1.54, 1.807) is 41.2 Å². The van der Waals surface area contributed by atoms with Crippen LogP contribution in [0.2, 0.25) is 0 Å². The summed E-state index contributed by atoms with van der Waals surface area (Å²) in [5.41, 5.74) is 6.35. The van der Waals surface area contributed by atoms with Gasteiger partial charge in [-0.25, -0.2) is 0 Å². The number of benzene rings is 1. The summed E-state index contributed by atoms with van der Waals surface area (Å²) in [6.45, 7) is 2.13. The van der Waals surface area contributed by atoms with Crippen LogP contribution in [0.25, 0.3) is 0 Å². The van der Waals surface area contributed by atoms with Gasteiger partial charge in [0.2, 0.25) is 5.91 Å². The zero-order valence-electron chi connectivity index (χ0n) is 13.5. The van der Waals surface area contributed by atoms with Crippen molar-refractivity contribution < 1.29 is 19.1 Å². The summed E-state index contributed by atoms with van der Waals surface area (Å²) in [4.78, 5) is 28.0. The van der Waals surface area contributed by atoms with Gasteiger partial charge >= 0.3 is 0 Å². The second kappa shape index (κ2) is 7.94. The Bertz CT molecular complexity index is 556. The first-order valence-electron chi connectivity index (χ1n) is 7.53. The molecule has 2 amide bonds. The Morgan fingerprint density at radius 1 is 1.17 bits per heavy atom. The van der Waals surface area contributed by atoms with E-state index in [0.717, 1.165) is 0 Å². The minimum atomic E-state index is -0.652. The van der Waals surface area contributed by atoms with Crippen LogP contribution in [0.5, 0.6) is 5.75 Å². The van der Waals surface area contributed by atoms with Crippen LogP contribution in [0, 0.1) is 0 Å². The summed E-state index contributed by atoms with van der Waals surface area (Å²) < 4.78 is 10.0. The molecular weight excluding hydrogens is 298 g/mol. The van der Waals surface area contributed by atoms with Crippen molar-refractivity contribution in [1.29, 1.82) is 0 Å². The van der Waals surface area contributed by atoms with Crippen molar-refractivity contribution in [2.75, 3.05) is 47.0 Å². The number of carbonyl (C=O) groups is 2. The SMILES string of the molecule is COCC(N)C(=O)N1CCN(C(=O)c2cccc(OC)c2)CC1. The monoisotopic (exact) mass is 321 g/mol. The topological polar surface area (TPSA) is 85.1 Å². The van der Waals surface area contributed by atoms with Crippen molar-refractivity contribution in [3.8, 4) is 5.75 Å². The number of nitrogens with two attached hydrogens (primary N) is 1. The molecule has 1 unspecified atom stereocenters. The normalized spacial score (nSPS) is 16.1. The molecule has 126 valence electrons. The second-order valence-electron chi connectivity index (χ2n) is 5.41. The van der Waals surface area contributed by atoms with E-state index in [0.29, 0.717) is 37.5 Å². The first-order chi connectivity index (χ1) is 11.1. The molecule has 0 bridgehead atoms. The second-order valence-corrected chi connectivity index (χ2v) is 5.41. The Kier molecular flexibility index (Phi) is 5.95. The Balaban J connectivity index is 1.93. The molecule has 0 aromatic heterocycles. The van der Waals surface area contributed by atoms with E-state index in [-0.39, 0.29) is 18.4 Å². The van der Waals surface area contributed by atoms with Gasteiger partial charge < -0.3 is 25.0 Å². The zero-order valence-corrected chi connectivity index (χ0v) is 13.5. The lowest BCUT2D eigenvalue weighted by Gasteiger charge is -2.35. The lowest BCUT2D eigenvalue weighted by molar-refractivity contribution is -0.135. The Hall–Kier alpha value is -2.12. The smallest absolute Gasteiger partial charge is 0.254 e. The number of nitrogens with zero attached hydrogens (tertiary/aromatic N) is 2. The highest BCUT2D eigenvalue weighted by Gasteiger charge is 2.27. The van der Waals surface area contributed by atoms with Crippen molar-refractivity contribution in [2.45, 2.75) is 6.04 Å². The fraction of sp³-hybridized carbons (Fsp3) is 0.500. The van der Waals surface area contributed by atoms with E-state index in [1.165, 1.54) is 7.11 Å². The van der Waals surface area contributed by atoms with Gasteiger partial charge in [0.1, 0.15) is 11.8 Å². The van der Waals surface area contributed by atoms with Crippen LogP contribution in [-0.4, -0.2) is 74.7 Å². The quantitative estimate of drug-likeness (QED) is 0.822. The third-order valence-corrected chi connectivity index (χ3v) is 3.86. The van der Waals surface area contributed by atoms with E-state index >= 15 is 0 Å². The van der Waals surface area contributed by atoms with Gasteiger partial charge in [-0.15, -0.1) is 0 Å². The molecule has 1 aliphatic rings. The number of hydrogen-bond acceptors (Lipinski definition) is 5. The van der Waals surface area contributed by atoms with Gasteiger partial charge in [-0.1, -0.05) is 6.07 Å². The van der Waals surface area contributed by atoms with E-state index < -0.39 is 6.04 Å². The first-order valence-corrected chi connectivity index (χ1v) is 7.53. The summed E-state index contributed by atoms with van der Waals surface area (Å²) in [6, 6.07) is 6.41. The predicted molar refractivity (Wildman–Crippen MR) is 85.3 cm³/mol. The maximum atomic E-state index is 12.5. The lowest BCUT2D eigenvalue weighted by atomic mass is 10.1. The summed E-state index contributed by atoms with van der Waals surface area (Å²) in [7, 11) is 3.08.